The molecule has 6 rings (SSSR count). The Hall–Kier alpha value is -4.11. The fourth-order valence-electron chi connectivity index (χ4n) is 5.73. The normalized spacial score (nSPS) is 17.6. The highest BCUT2D eigenvalue weighted by Crippen LogP contribution is 2.33. The van der Waals surface area contributed by atoms with Gasteiger partial charge in [0, 0.05) is 63.2 Å². The highest BCUT2D eigenvalue weighted by atomic mass is 16.3. The van der Waals surface area contributed by atoms with Gasteiger partial charge in [-0.3, -0.25) is 24.1 Å². The summed E-state index contributed by atoms with van der Waals surface area (Å²) < 4.78 is 1.75. The minimum atomic E-state index is -0.244. The Bertz CT molecular complexity index is 1530. The van der Waals surface area contributed by atoms with E-state index in [9.17, 15) is 14.7 Å². The number of hydrogen-bond donors (Lipinski definition) is 2. The first-order valence-corrected chi connectivity index (χ1v) is 14.2. The van der Waals surface area contributed by atoms with E-state index in [0.717, 1.165) is 56.0 Å². The Labute approximate surface area is 240 Å². The number of allylic oxidation sites excluding steroid dienone is 4. The van der Waals surface area contributed by atoms with Crippen molar-refractivity contribution in [3.05, 3.63) is 118 Å². The van der Waals surface area contributed by atoms with Gasteiger partial charge in [-0.05, 0) is 40.3 Å². The van der Waals surface area contributed by atoms with E-state index >= 15 is 0 Å². The average molecular weight is 550 g/mol. The van der Waals surface area contributed by atoms with Crippen LogP contribution in [0.1, 0.15) is 39.0 Å². The second-order valence-electron chi connectivity index (χ2n) is 10.9. The van der Waals surface area contributed by atoms with Gasteiger partial charge in [-0.25, -0.2) is 0 Å². The number of aromatic nitrogens is 2. The van der Waals surface area contributed by atoms with Gasteiger partial charge in [0.05, 0.1) is 24.9 Å². The third kappa shape index (κ3) is 6.46. The van der Waals surface area contributed by atoms with Crippen LogP contribution in [0.2, 0.25) is 0 Å². The van der Waals surface area contributed by atoms with E-state index < -0.39 is 0 Å². The van der Waals surface area contributed by atoms with E-state index in [-0.39, 0.29) is 24.7 Å². The van der Waals surface area contributed by atoms with Crippen LogP contribution in [0, 0.1) is 0 Å². The predicted octanol–water partition coefficient (Wildman–Crippen LogP) is 3.19. The Kier molecular flexibility index (Phi) is 8.04. The van der Waals surface area contributed by atoms with E-state index in [4.69, 9.17) is 0 Å². The van der Waals surface area contributed by atoms with Gasteiger partial charge in [0.2, 0.25) is 0 Å². The lowest BCUT2D eigenvalue weighted by molar-refractivity contribution is -0.114. The van der Waals surface area contributed by atoms with Gasteiger partial charge in [-0.15, -0.1) is 0 Å². The summed E-state index contributed by atoms with van der Waals surface area (Å²) in [7, 11) is 0. The minimum Gasteiger partial charge on any atom is -0.395 e. The maximum absolute atomic E-state index is 13.0. The van der Waals surface area contributed by atoms with Gasteiger partial charge in [-0.1, -0.05) is 60.7 Å². The molecular weight excluding hydrogens is 514 g/mol. The summed E-state index contributed by atoms with van der Waals surface area (Å²) in [6, 6.07) is 16.6. The predicted molar refractivity (Wildman–Crippen MR) is 158 cm³/mol. The molecule has 1 fully saturated rings. The van der Waals surface area contributed by atoms with Crippen molar-refractivity contribution in [2.45, 2.75) is 25.9 Å². The van der Waals surface area contributed by atoms with Crippen molar-refractivity contribution in [3.63, 3.8) is 0 Å². The zero-order valence-electron chi connectivity index (χ0n) is 23.1. The molecule has 2 aromatic carbocycles. The van der Waals surface area contributed by atoms with Crippen molar-refractivity contribution in [3.8, 4) is 0 Å². The van der Waals surface area contributed by atoms with Gasteiger partial charge >= 0.3 is 0 Å². The summed E-state index contributed by atoms with van der Waals surface area (Å²) in [6.45, 7) is 6.39. The van der Waals surface area contributed by atoms with Crippen LogP contribution in [-0.2, 0) is 24.3 Å². The molecule has 1 aromatic heterocycles. The Morgan fingerprint density at radius 3 is 2.56 bits per heavy atom. The number of Topliss-reactive ketones (excluding diaryl/α,β-unsaturated/α-hetero) is 1. The van der Waals surface area contributed by atoms with Crippen LogP contribution in [0.3, 0.4) is 0 Å². The molecule has 0 atom stereocenters. The number of amides is 1. The number of nitrogens with one attached hydrogen (secondary N) is 1. The Morgan fingerprint density at radius 2 is 1.76 bits per heavy atom. The lowest BCUT2D eigenvalue weighted by atomic mass is 9.93. The number of piperazine rings is 1. The maximum Gasteiger partial charge on any atom is 0.258 e. The van der Waals surface area contributed by atoms with Crippen LogP contribution >= 0.6 is 0 Å². The maximum atomic E-state index is 13.0. The zero-order chi connectivity index (χ0) is 28.2. The van der Waals surface area contributed by atoms with Gasteiger partial charge in [0.25, 0.3) is 5.91 Å². The zero-order valence-corrected chi connectivity index (χ0v) is 23.1. The van der Waals surface area contributed by atoms with Crippen molar-refractivity contribution >= 4 is 17.8 Å². The average Bonchev–Trinajstić information content (AvgIpc) is 3.63. The van der Waals surface area contributed by atoms with E-state index in [1.807, 2.05) is 36.4 Å². The fraction of sp³-hybridized carbons (Fsp3) is 0.303. The molecule has 0 unspecified atom stereocenters. The van der Waals surface area contributed by atoms with E-state index in [1.54, 1.807) is 23.2 Å². The molecule has 3 aliphatic rings. The smallest absolute Gasteiger partial charge is 0.258 e. The molecule has 210 valence electrons. The third-order valence-electron chi connectivity index (χ3n) is 8.00. The standard InChI is InChI=1S/C33H35N5O3/c39-15-14-36-10-12-37(13-11-36)21-25-6-7-26-17-28(18-27(26)16-25)31-19-30(8-9-32(31)40)35-33(41)29-20-34-38(23-29)22-24-4-2-1-3-5-24/h1-8,16,18-20,23,39H,9-15,17,21-22H2,(H,35,41). The first kappa shape index (κ1) is 27.1. The lowest BCUT2D eigenvalue weighted by Gasteiger charge is -2.34. The number of β-amino-alcohol motifs (C(OH)–C–C–N with tert-alkyl or cyclic N) is 1. The second kappa shape index (κ2) is 12.2. The lowest BCUT2D eigenvalue weighted by Crippen LogP contribution is -2.46. The Balaban J connectivity index is 1.09. The molecule has 0 spiro atoms. The van der Waals surface area contributed by atoms with Gasteiger partial charge in [0.15, 0.2) is 5.78 Å². The van der Waals surface area contributed by atoms with Crippen LogP contribution in [0.4, 0.5) is 0 Å². The summed E-state index contributed by atoms with van der Waals surface area (Å²) >= 11 is 0. The van der Waals surface area contributed by atoms with Crippen LogP contribution in [0.5, 0.6) is 0 Å². The molecule has 8 nitrogen and oxygen atoms in total. The van der Waals surface area contributed by atoms with Crippen molar-refractivity contribution < 1.29 is 14.7 Å². The van der Waals surface area contributed by atoms with Crippen LogP contribution in [-0.4, -0.2) is 75.7 Å². The van der Waals surface area contributed by atoms with E-state index in [0.29, 0.717) is 29.8 Å². The number of benzene rings is 2. The number of aliphatic hydroxyl groups is 1. The van der Waals surface area contributed by atoms with Crippen LogP contribution < -0.4 is 5.32 Å². The first-order chi connectivity index (χ1) is 20.0. The number of fused-ring (bicyclic) bond motifs is 1. The number of rotatable bonds is 9. The highest BCUT2D eigenvalue weighted by molar-refractivity contribution is 6.04. The second-order valence-corrected chi connectivity index (χ2v) is 10.9. The quantitative estimate of drug-likeness (QED) is 0.426. The van der Waals surface area contributed by atoms with Crippen molar-refractivity contribution in [2.24, 2.45) is 0 Å². The topological polar surface area (TPSA) is 90.7 Å². The van der Waals surface area contributed by atoms with E-state index in [1.165, 1.54) is 11.1 Å². The summed E-state index contributed by atoms with van der Waals surface area (Å²) in [5.74, 6) is -0.176. The first-order valence-electron chi connectivity index (χ1n) is 14.2. The molecule has 8 heteroatoms. The fourth-order valence-corrected chi connectivity index (χ4v) is 5.73. The Morgan fingerprint density at radius 1 is 0.951 bits per heavy atom. The molecule has 1 amide bonds. The number of hydrogen-bond acceptors (Lipinski definition) is 6. The van der Waals surface area contributed by atoms with Crippen LogP contribution in [0.15, 0.2) is 89.9 Å². The molecule has 2 aliphatic carbocycles. The molecule has 2 N–H and O–H groups in total. The monoisotopic (exact) mass is 549 g/mol. The van der Waals surface area contributed by atoms with Crippen molar-refractivity contribution in [1.82, 2.24) is 24.9 Å². The number of nitrogens with zero attached hydrogens (tertiary/aromatic N) is 4. The summed E-state index contributed by atoms with van der Waals surface area (Å²) in [4.78, 5) is 30.6. The molecular formula is C33H35N5O3. The summed E-state index contributed by atoms with van der Waals surface area (Å²) in [5, 5.41) is 16.5. The minimum absolute atomic E-state index is 0.0682. The summed E-state index contributed by atoms with van der Waals surface area (Å²) in [6.07, 6.45) is 9.99. The molecule has 0 radical (unpaired) electrons. The van der Waals surface area contributed by atoms with Gasteiger partial charge in [-0.2, -0.15) is 5.10 Å². The molecule has 0 saturated carbocycles. The number of aliphatic hydroxyl groups excluding tert-OH is 1. The number of carbonyl (C=O) groups excluding carboxylic acids is 2. The molecule has 3 aromatic rings. The molecule has 41 heavy (non-hydrogen) atoms. The molecule has 0 bridgehead atoms. The number of ketones is 1. The highest BCUT2D eigenvalue weighted by Gasteiger charge is 2.24. The van der Waals surface area contributed by atoms with Crippen LogP contribution in [0.25, 0.3) is 6.08 Å². The van der Waals surface area contributed by atoms with Crippen molar-refractivity contribution in [1.29, 1.82) is 0 Å². The SMILES string of the molecule is O=C1CC=C(NC(=O)c2cnn(Cc3ccccc3)c2)C=C1C1=Cc2cc(CN3CCN(CCO)CC3)ccc2C1. The molecule has 2 heterocycles. The van der Waals surface area contributed by atoms with Gasteiger partial charge in [0.1, 0.15) is 0 Å². The molecule has 1 saturated heterocycles. The summed E-state index contributed by atoms with van der Waals surface area (Å²) in [5.41, 5.74) is 7.53. The van der Waals surface area contributed by atoms with Crippen molar-refractivity contribution in [2.75, 3.05) is 39.3 Å². The number of carbonyl (C=O) groups is 2. The van der Waals surface area contributed by atoms with Gasteiger partial charge < -0.3 is 10.4 Å². The van der Waals surface area contributed by atoms with E-state index in [2.05, 4.69) is 44.5 Å². The molecule has 1 aliphatic heterocycles. The largest absolute Gasteiger partial charge is 0.395 e. The third-order valence-corrected chi connectivity index (χ3v) is 8.00.